The summed E-state index contributed by atoms with van der Waals surface area (Å²) in [4.78, 5) is 20.1. The van der Waals surface area contributed by atoms with Gasteiger partial charge in [0.15, 0.2) is 0 Å². The van der Waals surface area contributed by atoms with Gasteiger partial charge in [-0.3, -0.25) is 0 Å². The van der Waals surface area contributed by atoms with Crippen molar-refractivity contribution in [3.05, 3.63) is 70.4 Å². The first-order chi connectivity index (χ1) is 16.3. The molecule has 0 aliphatic heterocycles. The van der Waals surface area contributed by atoms with Crippen LogP contribution in [0.4, 0.5) is 10.2 Å². The van der Waals surface area contributed by atoms with Gasteiger partial charge in [-0.15, -0.1) is 0 Å². The smallest absolute Gasteiger partial charge is 0.337 e. The van der Waals surface area contributed by atoms with Gasteiger partial charge < -0.3 is 19.7 Å². The van der Waals surface area contributed by atoms with Crippen LogP contribution in [0.2, 0.25) is 5.02 Å². The second-order valence-electron chi connectivity index (χ2n) is 7.84. The quantitative estimate of drug-likeness (QED) is 0.341. The molecule has 0 atom stereocenters. The molecule has 176 valence electrons. The minimum absolute atomic E-state index is 0.114. The third-order valence-corrected chi connectivity index (χ3v) is 6.04. The van der Waals surface area contributed by atoms with Crippen molar-refractivity contribution in [2.24, 2.45) is 0 Å². The van der Waals surface area contributed by atoms with Gasteiger partial charge in [-0.25, -0.2) is 19.2 Å². The number of rotatable bonds is 8. The Labute approximate surface area is 201 Å². The number of hydrogen-bond donors (Lipinski definition) is 2. The molecule has 34 heavy (non-hydrogen) atoms. The number of nitrogens with one attached hydrogen (secondary N) is 1. The molecule has 0 radical (unpaired) electrons. The number of aromatic nitrogens is 3. The first-order valence-corrected chi connectivity index (χ1v) is 11.2. The average molecular weight is 483 g/mol. The third kappa shape index (κ3) is 4.54. The predicted octanol–water partition coefficient (Wildman–Crippen LogP) is 5.58. The van der Waals surface area contributed by atoms with Crippen molar-refractivity contribution in [3.63, 3.8) is 0 Å². The molecule has 0 amide bonds. The highest BCUT2D eigenvalue weighted by Gasteiger charge is 2.17. The number of ether oxygens (including phenoxy) is 1. The van der Waals surface area contributed by atoms with E-state index >= 15 is 0 Å². The van der Waals surface area contributed by atoms with Gasteiger partial charge in [-0.2, -0.15) is 0 Å². The van der Waals surface area contributed by atoms with E-state index in [-0.39, 0.29) is 16.4 Å². The van der Waals surface area contributed by atoms with Crippen molar-refractivity contribution in [2.75, 3.05) is 19.0 Å². The standard InChI is InChI=1S/C25H24ClFN4O3/c1-4-15-8-16(9-19(26)24(15)25(32)33)20-12-23(30-13-29-20)28-5-6-31-14(2)7-18-21(31)10-17(27)11-22(18)34-3/h7-13H,4-6H2,1-3H3,(H,32,33)(H,28,29,30). The number of benzene rings is 2. The van der Waals surface area contributed by atoms with Crippen molar-refractivity contribution in [3.8, 4) is 17.0 Å². The Morgan fingerprint density at radius 1 is 1.21 bits per heavy atom. The predicted molar refractivity (Wildman–Crippen MR) is 130 cm³/mol. The van der Waals surface area contributed by atoms with Gasteiger partial charge >= 0.3 is 5.97 Å². The number of aryl methyl sites for hydroxylation is 2. The van der Waals surface area contributed by atoms with Crippen LogP contribution in [0.15, 0.2) is 42.7 Å². The lowest BCUT2D eigenvalue weighted by Gasteiger charge is -2.12. The highest BCUT2D eigenvalue weighted by molar-refractivity contribution is 6.34. The van der Waals surface area contributed by atoms with Crippen LogP contribution in [0.5, 0.6) is 5.75 Å². The van der Waals surface area contributed by atoms with Crippen LogP contribution in [0, 0.1) is 12.7 Å². The highest BCUT2D eigenvalue weighted by Crippen LogP contribution is 2.31. The molecule has 0 bridgehead atoms. The zero-order chi connectivity index (χ0) is 24.4. The Morgan fingerprint density at radius 2 is 2.00 bits per heavy atom. The zero-order valence-electron chi connectivity index (χ0n) is 19.0. The van der Waals surface area contributed by atoms with E-state index in [0.717, 1.165) is 16.6 Å². The van der Waals surface area contributed by atoms with E-state index in [2.05, 4.69) is 15.3 Å². The van der Waals surface area contributed by atoms with E-state index in [4.69, 9.17) is 16.3 Å². The summed E-state index contributed by atoms with van der Waals surface area (Å²) >= 11 is 6.26. The lowest BCUT2D eigenvalue weighted by molar-refractivity contribution is 0.0696. The molecule has 0 unspecified atom stereocenters. The molecule has 0 fully saturated rings. The van der Waals surface area contributed by atoms with Crippen LogP contribution in [0.1, 0.15) is 28.5 Å². The van der Waals surface area contributed by atoms with E-state index in [9.17, 15) is 14.3 Å². The molecule has 4 rings (SSSR count). The van der Waals surface area contributed by atoms with Crippen LogP contribution >= 0.6 is 11.6 Å². The van der Waals surface area contributed by atoms with E-state index in [1.165, 1.54) is 25.6 Å². The summed E-state index contributed by atoms with van der Waals surface area (Å²) in [6.45, 7) is 4.97. The van der Waals surface area contributed by atoms with Crippen molar-refractivity contribution in [1.82, 2.24) is 14.5 Å². The molecule has 2 heterocycles. The maximum atomic E-state index is 14.0. The molecule has 4 aromatic rings. The fourth-order valence-corrected chi connectivity index (χ4v) is 4.45. The lowest BCUT2D eigenvalue weighted by Crippen LogP contribution is -2.12. The van der Waals surface area contributed by atoms with Crippen molar-refractivity contribution in [2.45, 2.75) is 26.8 Å². The molecule has 0 saturated carbocycles. The summed E-state index contributed by atoms with van der Waals surface area (Å²) in [5.74, 6) is -0.288. The van der Waals surface area contributed by atoms with Gasteiger partial charge in [-0.05, 0) is 43.2 Å². The Hall–Kier alpha value is -3.65. The van der Waals surface area contributed by atoms with E-state index in [0.29, 0.717) is 47.9 Å². The molecule has 2 aromatic carbocycles. The Bertz CT molecular complexity index is 1390. The number of aromatic carboxylic acids is 1. The highest BCUT2D eigenvalue weighted by atomic mass is 35.5. The molecule has 0 spiro atoms. The minimum atomic E-state index is -1.05. The van der Waals surface area contributed by atoms with Crippen LogP contribution < -0.4 is 10.1 Å². The number of anilines is 1. The summed E-state index contributed by atoms with van der Waals surface area (Å²) in [5.41, 5.74) is 3.85. The normalized spacial score (nSPS) is 11.1. The monoisotopic (exact) mass is 482 g/mol. The Morgan fingerprint density at radius 3 is 2.71 bits per heavy atom. The summed E-state index contributed by atoms with van der Waals surface area (Å²) in [6.07, 6.45) is 1.97. The van der Waals surface area contributed by atoms with Crippen LogP contribution in [-0.4, -0.2) is 39.3 Å². The summed E-state index contributed by atoms with van der Waals surface area (Å²) < 4.78 is 21.4. The Balaban J connectivity index is 1.55. The Kier molecular flexibility index (Phi) is 6.70. The molecule has 2 N–H and O–H groups in total. The van der Waals surface area contributed by atoms with Gasteiger partial charge in [0, 0.05) is 41.9 Å². The van der Waals surface area contributed by atoms with Gasteiger partial charge in [0.2, 0.25) is 0 Å². The zero-order valence-corrected chi connectivity index (χ0v) is 19.8. The molecule has 2 aromatic heterocycles. The van der Waals surface area contributed by atoms with Gasteiger partial charge in [0.05, 0.1) is 28.9 Å². The SMILES string of the molecule is CCc1cc(-c2cc(NCCn3c(C)cc4c(OC)cc(F)cc43)ncn2)cc(Cl)c1C(=O)O. The fraction of sp³-hybridized carbons (Fsp3) is 0.240. The lowest BCUT2D eigenvalue weighted by atomic mass is 10.00. The number of methoxy groups -OCH3 is 1. The fourth-order valence-electron chi connectivity index (χ4n) is 4.13. The molecular formula is C25H24ClFN4O3. The van der Waals surface area contributed by atoms with E-state index < -0.39 is 5.97 Å². The first kappa shape index (κ1) is 23.5. The number of halogens is 2. The summed E-state index contributed by atoms with van der Waals surface area (Å²) in [5, 5.41) is 13.7. The maximum absolute atomic E-state index is 14.0. The molecule has 0 aliphatic rings. The van der Waals surface area contributed by atoms with E-state index in [1.54, 1.807) is 18.2 Å². The van der Waals surface area contributed by atoms with Gasteiger partial charge in [0.25, 0.3) is 0 Å². The van der Waals surface area contributed by atoms with Gasteiger partial charge in [-0.1, -0.05) is 18.5 Å². The number of carboxylic acid groups (broad SMARTS) is 1. The largest absolute Gasteiger partial charge is 0.496 e. The van der Waals surface area contributed by atoms with Crippen LogP contribution in [0.3, 0.4) is 0 Å². The number of carbonyl (C=O) groups is 1. The number of nitrogens with zero attached hydrogens (tertiary/aromatic N) is 3. The van der Waals surface area contributed by atoms with E-state index in [1.807, 2.05) is 24.5 Å². The van der Waals surface area contributed by atoms with Gasteiger partial charge in [0.1, 0.15) is 23.7 Å². The second kappa shape index (κ2) is 9.69. The summed E-state index contributed by atoms with van der Waals surface area (Å²) in [6, 6.07) is 10.0. The van der Waals surface area contributed by atoms with Crippen molar-refractivity contribution >= 4 is 34.3 Å². The molecule has 7 nitrogen and oxygen atoms in total. The number of fused-ring (bicyclic) bond motifs is 1. The van der Waals surface area contributed by atoms with Crippen LogP contribution in [-0.2, 0) is 13.0 Å². The molecule has 0 saturated heterocycles. The minimum Gasteiger partial charge on any atom is -0.496 e. The van der Waals surface area contributed by atoms with Crippen molar-refractivity contribution < 1.29 is 19.0 Å². The molecule has 0 aliphatic carbocycles. The van der Waals surface area contributed by atoms with Crippen molar-refractivity contribution in [1.29, 1.82) is 0 Å². The van der Waals surface area contributed by atoms with Crippen LogP contribution in [0.25, 0.3) is 22.2 Å². The second-order valence-corrected chi connectivity index (χ2v) is 8.25. The number of carboxylic acids is 1. The third-order valence-electron chi connectivity index (χ3n) is 5.75. The number of hydrogen-bond acceptors (Lipinski definition) is 5. The maximum Gasteiger partial charge on any atom is 0.337 e. The molecular weight excluding hydrogens is 459 g/mol. The topological polar surface area (TPSA) is 89.3 Å². The first-order valence-electron chi connectivity index (χ1n) is 10.8. The average Bonchev–Trinajstić information content (AvgIpc) is 3.12. The molecule has 9 heteroatoms. The summed E-state index contributed by atoms with van der Waals surface area (Å²) in [7, 11) is 1.53.